The van der Waals surface area contributed by atoms with Crippen LogP contribution in [0.2, 0.25) is 0 Å². The minimum Gasteiger partial charge on any atom is -0.485 e. The van der Waals surface area contributed by atoms with Crippen molar-refractivity contribution in [2.75, 3.05) is 13.7 Å². The molecule has 1 N–H and O–H groups in total. The smallest absolute Gasteiger partial charge is 0.319 e. The Kier molecular flexibility index (Phi) is 6.17. The molecule has 3 aromatic rings. The van der Waals surface area contributed by atoms with Gasteiger partial charge in [-0.2, -0.15) is 4.98 Å². The van der Waals surface area contributed by atoms with Gasteiger partial charge >= 0.3 is 5.97 Å². The molecule has 7 nitrogen and oxygen atoms in total. The number of esters is 1. The number of nitrogens with one attached hydrogen (secondary N) is 1. The number of ether oxygens (including phenoxy) is 2. The Labute approximate surface area is 157 Å². The summed E-state index contributed by atoms with van der Waals surface area (Å²) in [5.41, 5.74) is 1.91. The van der Waals surface area contributed by atoms with E-state index in [2.05, 4.69) is 20.2 Å². The second-order valence-electron chi connectivity index (χ2n) is 5.92. The zero-order valence-corrected chi connectivity index (χ0v) is 15.2. The first-order valence-electron chi connectivity index (χ1n) is 8.56. The predicted molar refractivity (Wildman–Crippen MR) is 98.9 cm³/mol. The summed E-state index contributed by atoms with van der Waals surface area (Å²) in [4.78, 5) is 15.5. The van der Waals surface area contributed by atoms with Crippen molar-refractivity contribution >= 4 is 5.97 Å². The quantitative estimate of drug-likeness (QED) is 0.612. The summed E-state index contributed by atoms with van der Waals surface area (Å²) in [6.07, 6.45) is 0. The lowest BCUT2D eigenvalue weighted by molar-refractivity contribution is -0.139. The van der Waals surface area contributed by atoms with Crippen LogP contribution in [0.4, 0.5) is 0 Å². The van der Waals surface area contributed by atoms with E-state index in [9.17, 15) is 4.79 Å². The molecule has 2 aromatic carbocycles. The number of benzene rings is 2. The number of nitrogens with zero attached hydrogens (tertiary/aromatic N) is 2. The minimum atomic E-state index is -0.295. The van der Waals surface area contributed by atoms with E-state index in [1.165, 1.54) is 7.11 Å². The Hall–Kier alpha value is -3.19. The highest BCUT2D eigenvalue weighted by Gasteiger charge is 2.10. The number of methoxy groups -OCH3 is 1. The summed E-state index contributed by atoms with van der Waals surface area (Å²) < 4.78 is 15.6. The van der Waals surface area contributed by atoms with Crippen molar-refractivity contribution in [3.8, 4) is 17.2 Å². The molecule has 27 heavy (non-hydrogen) atoms. The molecule has 0 aliphatic heterocycles. The van der Waals surface area contributed by atoms with Crippen LogP contribution in [0.3, 0.4) is 0 Å². The SMILES string of the molecule is COC(=O)CN[C@@H](C)c1ccc(OCc2noc(-c3ccccc3)n2)cc1. The first kappa shape index (κ1) is 18.6. The number of hydrogen-bond donors (Lipinski definition) is 1. The number of hydrogen-bond acceptors (Lipinski definition) is 7. The van der Waals surface area contributed by atoms with Crippen LogP contribution in [0.15, 0.2) is 59.1 Å². The third kappa shape index (κ3) is 5.15. The van der Waals surface area contributed by atoms with Crippen LogP contribution in [-0.4, -0.2) is 29.8 Å². The highest BCUT2D eigenvalue weighted by Crippen LogP contribution is 2.19. The topological polar surface area (TPSA) is 86.5 Å². The number of carbonyl (C=O) groups is 1. The van der Waals surface area contributed by atoms with E-state index in [1.54, 1.807) is 0 Å². The summed E-state index contributed by atoms with van der Waals surface area (Å²) >= 11 is 0. The summed E-state index contributed by atoms with van der Waals surface area (Å²) in [6.45, 7) is 2.35. The summed E-state index contributed by atoms with van der Waals surface area (Å²) in [5.74, 6) is 1.35. The summed E-state index contributed by atoms with van der Waals surface area (Å²) in [6, 6.07) is 17.2. The molecule has 0 aliphatic rings. The van der Waals surface area contributed by atoms with E-state index < -0.39 is 0 Å². The van der Waals surface area contributed by atoms with Crippen molar-refractivity contribution in [1.29, 1.82) is 0 Å². The van der Waals surface area contributed by atoms with Gasteiger partial charge in [0.2, 0.25) is 5.82 Å². The fourth-order valence-electron chi connectivity index (χ4n) is 2.44. The molecule has 7 heteroatoms. The summed E-state index contributed by atoms with van der Waals surface area (Å²) in [5, 5.41) is 7.03. The molecular formula is C20H21N3O4. The summed E-state index contributed by atoms with van der Waals surface area (Å²) in [7, 11) is 1.37. The van der Waals surface area contributed by atoms with Gasteiger partial charge in [-0.3, -0.25) is 4.79 Å². The average molecular weight is 367 g/mol. The monoisotopic (exact) mass is 367 g/mol. The van der Waals surface area contributed by atoms with Gasteiger partial charge in [-0.15, -0.1) is 0 Å². The number of aromatic nitrogens is 2. The van der Waals surface area contributed by atoms with Crippen molar-refractivity contribution in [2.45, 2.75) is 19.6 Å². The molecule has 0 unspecified atom stereocenters. The molecule has 1 aromatic heterocycles. The van der Waals surface area contributed by atoms with Gasteiger partial charge in [0.25, 0.3) is 5.89 Å². The van der Waals surface area contributed by atoms with Crippen LogP contribution < -0.4 is 10.1 Å². The molecule has 0 bridgehead atoms. The molecule has 0 saturated heterocycles. The fourth-order valence-corrected chi connectivity index (χ4v) is 2.44. The number of carbonyl (C=O) groups excluding carboxylic acids is 1. The molecule has 0 radical (unpaired) electrons. The maximum Gasteiger partial charge on any atom is 0.319 e. The maximum absolute atomic E-state index is 11.2. The Morgan fingerprint density at radius 3 is 2.59 bits per heavy atom. The number of rotatable bonds is 8. The first-order chi connectivity index (χ1) is 13.2. The molecular weight excluding hydrogens is 346 g/mol. The van der Waals surface area contributed by atoms with Crippen LogP contribution in [0.25, 0.3) is 11.5 Å². The third-order valence-electron chi connectivity index (χ3n) is 4.02. The van der Waals surface area contributed by atoms with Crippen molar-refractivity contribution in [3.63, 3.8) is 0 Å². The Morgan fingerprint density at radius 2 is 1.89 bits per heavy atom. The van der Waals surface area contributed by atoms with E-state index in [0.717, 1.165) is 11.1 Å². The van der Waals surface area contributed by atoms with E-state index in [4.69, 9.17) is 9.26 Å². The molecule has 0 amide bonds. The van der Waals surface area contributed by atoms with Crippen molar-refractivity contribution in [1.82, 2.24) is 15.5 Å². The maximum atomic E-state index is 11.2. The van der Waals surface area contributed by atoms with Crippen LogP contribution in [0, 0.1) is 0 Å². The van der Waals surface area contributed by atoms with Crippen molar-refractivity contribution in [3.05, 3.63) is 66.0 Å². The largest absolute Gasteiger partial charge is 0.485 e. The van der Waals surface area contributed by atoms with Gasteiger partial charge in [-0.25, -0.2) is 0 Å². The fraction of sp³-hybridized carbons (Fsp3) is 0.250. The predicted octanol–water partition coefficient (Wildman–Crippen LogP) is 3.14. The van der Waals surface area contributed by atoms with Gasteiger partial charge in [0.1, 0.15) is 5.75 Å². The lowest BCUT2D eigenvalue weighted by Crippen LogP contribution is -2.26. The second-order valence-corrected chi connectivity index (χ2v) is 5.92. The third-order valence-corrected chi connectivity index (χ3v) is 4.02. The first-order valence-corrected chi connectivity index (χ1v) is 8.56. The molecule has 1 heterocycles. The Balaban J connectivity index is 1.53. The highest BCUT2D eigenvalue weighted by atomic mass is 16.5. The van der Waals surface area contributed by atoms with Gasteiger partial charge in [0.05, 0.1) is 13.7 Å². The highest BCUT2D eigenvalue weighted by molar-refractivity contribution is 5.71. The average Bonchev–Trinajstić information content (AvgIpc) is 3.20. The molecule has 140 valence electrons. The van der Waals surface area contributed by atoms with Gasteiger partial charge in [0, 0.05) is 11.6 Å². The van der Waals surface area contributed by atoms with Gasteiger partial charge in [-0.05, 0) is 36.8 Å². The Morgan fingerprint density at radius 1 is 1.15 bits per heavy atom. The van der Waals surface area contributed by atoms with Crippen LogP contribution >= 0.6 is 0 Å². The van der Waals surface area contributed by atoms with Crippen LogP contribution in [0.1, 0.15) is 24.4 Å². The molecule has 1 atom stereocenters. The van der Waals surface area contributed by atoms with E-state index in [0.29, 0.717) is 17.5 Å². The zero-order valence-electron chi connectivity index (χ0n) is 15.2. The molecule has 0 fully saturated rings. The molecule has 0 spiro atoms. The van der Waals surface area contributed by atoms with Crippen LogP contribution in [0.5, 0.6) is 5.75 Å². The molecule has 0 aliphatic carbocycles. The lowest BCUT2D eigenvalue weighted by atomic mass is 10.1. The second kappa shape index (κ2) is 8.95. The normalized spacial score (nSPS) is 11.8. The van der Waals surface area contributed by atoms with Crippen molar-refractivity contribution < 1.29 is 18.8 Å². The molecule has 0 saturated carbocycles. The van der Waals surface area contributed by atoms with Gasteiger partial charge in [0.15, 0.2) is 6.61 Å². The van der Waals surface area contributed by atoms with Crippen molar-refractivity contribution in [2.24, 2.45) is 0 Å². The van der Waals surface area contributed by atoms with Crippen LogP contribution in [-0.2, 0) is 16.1 Å². The standard InChI is InChI=1S/C20H21N3O4/c1-14(21-12-19(24)25-2)15-8-10-17(11-9-15)26-13-18-22-20(27-23-18)16-6-4-3-5-7-16/h3-11,14,21H,12-13H2,1-2H3/t14-/m0/s1. The van der Waals surface area contributed by atoms with E-state index >= 15 is 0 Å². The van der Waals surface area contributed by atoms with E-state index in [-0.39, 0.29) is 25.2 Å². The van der Waals surface area contributed by atoms with E-state index in [1.807, 2.05) is 61.5 Å². The zero-order chi connectivity index (χ0) is 19.1. The molecule has 3 rings (SSSR count). The van der Waals surface area contributed by atoms with Gasteiger partial charge < -0.3 is 19.3 Å². The van der Waals surface area contributed by atoms with Gasteiger partial charge in [-0.1, -0.05) is 35.5 Å². The Bertz CT molecular complexity index is 862. The minimum absolute atomic E-state index is 0.0174. The lowest BCUT2D eigenvalue weighted by Gasteiger charge is -2.14.